The van der Waals surface area contributed by atoms with Crippen molar-refractivity contribution in [1.29, 1.82) is 0 Å². The molecular weight excluding hydrogens is 303 g/mol. The molecule has 0 unspecified atom stereocenters. The van der Waals surface area contributed by atoms with Crippen LogP contribution < -0.4 is 8.27 Å². The van der Waals surface area contributed by atoms with Crippen LogP contribution in [-0.4, -0.2) is 18.6 Å². The fraction of sp³-hybridized carbons (Fsp3) is 0.273. The highest BCUT2D eigenvalue weighted by Crippen LogP contribution is 2.23. The van der Waals surface area contributed by atoms with Crippen LogP contribution in [0.2, 0.25) is 0 Å². The summed E-state index contributed by atoms with van der Waals surface area (Å²) >= 11 is 2.17. The highest BCUT2D eigenvalue weighted by atomic mass is 127. The van der Waals surface area contributed by atoms with E-state index in [1.165, 1.54) is 16.5 Å². The largest absolute Gasteiger partial charge is 0.497 e. The van der Waals surface area contributed by atoms with Gasteiger partial charge in [-0.05, 0) is 30.2 Å². The van der Waals surface area contributed by atoms with Crippen molar-refractivity contribution in [3.8, 4) is 5.75 Å². The Hall–Kier alpha value is -0.750. The van der Waals surface area contributed by atoms with Crippen LogP contribution in [0.5, 0.6) is 5.75 Å². The Morgan fingerprint density at radius 1 is 1.47 bits per heavy atom. The number of rotatable bonds is 4. The minimum atomic E-state index is 0.908. The summed E-state index contributed by atoms with van der Waals surface area (Å²) in [5, 5.41) is 1.25. The summed E-state index contributed by atoms with van der Waals surface area (Å²) in [7, 11) is 1.69. The smallest absolute Gasteiger partial charge is 0.119 e. The first-order chi connectivity index (χ1) is 7.35. The van der Waals surface area contributed by atoms with Crippen LogP contribution in [0.15, 0.2) is 24.4 Å². The Bertz CT molecular complexity index is 453. The molecule has 0 fully saturated rings. The maximum atomic E-state index is 5.22. The highest BCUT2D eigenvalue weighted by Gasteiger charge is 2.04. The number of ether oxygens (including phenoxy) is 1. The van der Waals surface area contributed by atoms with E-state index < -0.39 is 0 Å². The first-order valence-electron chi connectivity index (χ1n) is 4.82. The predicted octanol–water partition coefficient (Wildman–Crippen LogP) is 2.66. The summed E-state index contributed by atoms with van der Waals surface area (Å²) in [6.07, 6.45) is 3.09. The lowest BCUT2D eigenvalue weighted by atomic mass is 10.1. The summed E-state index contributed by atoms with van der Waals surface area (Å²) in [5.41, 5.74) is 2.49. The zero-order valence-corrected chi connectivity index (χ0v) is 10.7. The fourth-order valence-electron chi connectivity index (χ4n) is 1.67. The SMILES string of the molecule is COc1ccc2[nH]cc(CCNI)c2c1. The van der Waals surface area contributed by atoms with Crippen LogP contribution in [0.4, 0.5) is 0 Å². The summed E-state index contributed by atoms with van der Waals surface area (Å²) in [6.45, 7) is 0.977. The van der Waals surface area contributed by atoms with E-state index in [0.717, 1.165) is 18.7 Å². The van der Waals surface area contributed by atoms with Crippen molar-refractivity contribution in [3.05, 3.63) is 30.0 Å². The lowest BCUT2D eigenvalue weighted by Crippen LogP contribution is -2.02. The fourth-order valence-corrected chi connectivity index (χ4v) is 1.94. The molecule has 0 atom stereocenters. The zero-order chi connectivity index (χ0) is 10.7. The second-order valence-electron chi connectivity index (χ2n) is 3.36. The number of hydrogen-bond acceptors (Lipinski definition) is 2. The number of methoxy groups -OCH3 is 1. The van der Waals surface area contributed by atoms with Crippen molar-refractivity contribution in [2.75, 3.05) is 13.7 Å². The molecule has 0 aliphatic heterocycles. The predicted molar refractivity (Wildman–Crippen MR) is 70.6 cm³/mol. The van der Waals surface area contributed by atoms with Crippen LogP contribution >= 0.6 is 22.9 Å². The van der Waals surface area contributed by atoms with Gasteiger partial charge in [0.05, 0.1) is 7.11 Å². The number of H-pyrrole nitrogens is 1. The molecule has 80 valence electrons. The Kier molecular flexibility index (Phi) is 3.48. The number of fused-ring (bicyclic) bond motifs is 1. The molecular formula is C11H13IN2O. The highest BCUT2D eigenvalue weighted by molar-refractivity contribution is 14.1. The van der Waals surface area contributed by atoms with Gasteiger partial charge in [0.15, 0.2) is 0 Å². The minimum absolute atomic E-state index is 0.908. The molecule has 0 saturated heterocycles. The number of halogens is 1. The average molecular weight is 316 g/mol. The number of aromatic amines is 1. The van der Waals surface area contributed by atoms with Gasteiger partial charge in [0.25, 0.3) is 0 Å². The summed E-state index contributed by atoms with van der Waals surface area (Å²) in [6, 6.07) is 6.10. The van der Waals surface area contributed by atoms with Crippen molar-refractivity contribution < 1.29 is 4.74 Å². The van der Waals surface area contributed by atoms with Crippen LogP contribution in [0.3, 0.4) is 0 Å². The Morgan fingerprint density at radius 3 is 3.07 bits per heavy atom. The molecule has 0 amide bonds. The summed E-state index contributed by atoms with van der Waals surface area (Å²) in [5.74, 6) is 0.908. The van der Waals surface area contributed by atoms with Crippen molar-refractivity contribution in [2.24, 2.45) is 0 Å². The second-order valence-corrected chi connectivity index (χ2v) is 4.12. The van der Waals surface area contributed by atoms with Gasteiger partial charge in [0.2, 0.25) is 0 Å². The number of nitrogens with one attached hydrogen (secondary N) is 2. The molecule has 2 N–H and O–H groups in total. The summed E-state index contributed by atoms with van der Waals surface area (Å²) < 4.78 is 8.34. The van der Waals surface area contributed by atoms with Crippen molar-refractivity contribution in [2.45, 2.75) is 6.42 Å². The normalized spacial score (nSPS) is 10.8. The second kappa shape index (κ2) is 4.85. The van der Waals surface area contributed by atoms with Gasteiger partial charge in [-0.3, -0.25) is 3.53 Å². The molecule has 0 aliphatic rings. The Labute approximate surface area is 103 Å². The van der Waals surface area contributed by atoms with E-state index in [1.54, 1.807) is 7.11 Å². The van der Waals surface area contributed by atoms with Gasteiger partial charge < -0.3 is 9.72 Å². The summed E-state index contributed by atoms with van der Waals surface area (Å²) in [4.78, 5) is 3.26. The lowest BCUT2D eigenvalue weighted by molar-refractivity contribution is 0.415. The van der Waals surface area contributed by atoms with E-state index in [2.05, 4.69) is 49.7 Å². The maximum Gasteiger partial charge on any atom is 0.119 e. The van der Waals surface area contributed by atoms with E-state index in [4.69, 9.17) is 4.74 Å². The van der Waals surface area contributed by atoms with Gasteiger partial charge in [-0.2, -0.15) is 0 Å². The van der Waals surface area contributed by atoms with Gasteiger partial charge in [-0.1, -0.05) is 0 Å². The molecule has 1 heterocycles. The Morgan fingerprint density at radius 2 is 2.33 bits per heavy atom. The molecule has 0 bridgehead atoms. The van der Waals surface area contributed by atoms with Crippen LogP contribution in [-0.2, 0) is 6.42 Å². The van der Waals surface area contributed by atoms with E-state index in [9.17, 15) is 0 Å². The van der Waals surface area contributed by atoms with Crippen LogP contribution in [0.25, 0.3) is 10.9 Å². The first-order valence-corrected chi connectivity index (χ1v) is 5.90. The van der Waals surface area contributed by atoms with Crippen LogP contribution in [0, 0.1) is 0 Å². The molecule has 15 heavy (non-hydrogen) atoms. The molecule has 0 spiro atoms. The zero-order valence-electron chi connectivity index (χ0n) is 8.51. The van der Waals surface area contributed by atoms with Crippen molar-refractivity contribution in [3.63, 3.8) is 0 Å². The molecule has 4 heteroatoms. The minimum Gasteiger partial charge on any atom is -0.497 e. The molecule has 0 saturated carbocycles. The number of aromatic nitrogens is 1. The standard InChI is InChI=1S/C11H13IN2O/c1-15-9-2-3-11-10(6-9)8(7-13-11)4-5-14-12/h2-3,6-7,13-14H,4-5H2,1H3. The van der Waals surface area contributed by atoms with E-state index in [-0.39, 0.29) is 0 Å². The molecule has 0 radical (unpaired) electrons. The van der Waals surface area contributed by atoms with Crippen LogP contribution in [0.1, 0.15) is 5.56 Å². The average Bonchev–Trinajstić information content (AvgIpc) is 2.68. The molecule has 0 aliphatic carbocycles. The first kappa shape index (κ1) is 10.8. The maximum absolute atomic E-state index is 5.22. The molecule has 2 rings (SSSR count). The monoisotopic (exact) mass is 316 g/mol. The third kappa shape index (κ3) is 2.26. The number of benzene rings is 1. The van der Waals surface area contributed by atoms with Gasteiger partial charge in [-0.25, -0.2) is 0 Å². The number of hydrogen-bond donors (Lipinski definition) is 2. The Balaban J connectivity index is 2.38. The van der Waals surface area contributed by atoms with Gasteiger partial charge in [0.1, 0.15) is 5.75 Å². The molecule has 3 nitrogen and oxygen atoms in total. The van der Waals surface area contributed by atoms with Gasteiger partial charge >= 0.3 is 0 Å². The van der Waals surface area contributed by atoms with E-state index in [1.807, 2.05) is 6.07 Å². The van der Waals surface area contributed by atoms with E-state index >= 15 is 0 Å². The van der Waals surface area contributed by atoms with Crippen molar-refractivity contribution in [1.82, 2.24) is 8.51 Å². The molecule has 2 aromatic rings. The quantitative estimate of drug-likeness (QED) is 0.672. The van der Waals surface area contributed by atoms with Crippen molar-refractivity contribution >= 4 is 33.8 Å². The molecule has 1 aromatic carbocycles. The topological polar surface area (TPSA) is 37.0 Å². The van der Waals surface area contributed by atoms with Gasteiger partial charge in [-0.15, -0.1) is 0 Å². The molecule has 1 aromatic heterocycles. The third-order valence-electron chi connectivity index (χ3n) is 2.46. The van der Waals surface area contributed by atoms with E-state index in [0.29, 0.717) is 0 Å². The third-order valence-corrected chi connectivity index (χ3v) is 3.00. The lowest BCUT2D eigenvalue weighted by Gasteiger charge is -2.01. The van der Waals surface area contributed by atoms with Gasteiger partial charge in [0, 0.05) is 46.5 Å².